The van der Waals surface area contributed by atoms with Gasteiger partial charge in [0.1, 0.15) is 17.4 Å². The van der Waals surface area contributed by atoms with E-state index < -0.39 is 0 Å². The number of nitrogens with zero attached hydrogens (tertiary/aromatic N) is 1. The zero-order valence-electron chi connectivity index (χ0n) is 25.7. The lowest BCUT2D eigenvalue weighted by molar-refractivity contribution is 0.269. The van der Waals surface area contributed by atoms with Crippen LogP contribution in [0.25, 0.3) is 43.8 Å². The molecule has 2 unspecified atom stereocenters. The SMILES string of the molecule is CC1(C)c2cccc(N(c3ccccc3)c3cccc4c3oc3ccccc34)c2-c2c3c(c4ccccc4c21)C1C=CC=CC1O3. The standard InChI is InChI=1S/C43H31NO2/c1-43(2)32-21-13-22-33(38(32)39-40(43)29-18-7-6-17-28(29)37-31-19-9-11-25-36(31)46-42(37)39)44(26-14-4-3-5-15-26)34-23-12-20-30-27-16-8-10-24-35(27)45-41(30)34/h3-25,31,36H,1-2H3. The van der Waals surface area contributed by atoms with Gasteiger partial charge in [-0.2, -0.15) is 0 Å². The van der Waals surface area contributed by atoms with E-state index in [0.29, 0.717) is 0 Å². The second kappa shape index (κ2) is 9.24. The molecule has 220 valence electrons. The van der Waals surface area contributed by atoms with Crippen LogP contribution in [0.4, 0.5) is 17.1 Å². The summed E-state index contributed by atoms with van der Waals surface area (Å²) in [6.07, 6.45) is 8.78. The molecule has 46 heavy (non-hydrogen) atoms. The summed E-state index contributed by atoms with van der Waals surface area (Å²) in [4.78, 5) is 2.39. The van der Waals surface area contributed by atoms with Gasteiger partial charge in [-0.3, -0.25) is 0 Å². The number of furan rings is 1. The molecule has 2 aliphatic carbocycles. The lowest BCUT2D eigenvalue weighted by Crippen LogP contribution is -2.16. The number of fused-ring (bicyclic) bond motifs is 13. The van der Waals surface area contributed by atoms with E-state index in [2.05, 4.69) is 152 Å². The molecule has 1 aliphatic heterocycles. The Kier molecular flexibility index (Phi) is 5.18. The number of allylic oxidation sites excluding steroid dienone is 2. The molecular weight excluding hydrogens is 562 g/mol. The highest BCUT2D eigenvalue weighted by Gasteiger charge is 2.46. The number of para-hydroxylation sites is 3. The van der Waals surface area contributed by atoms with Crippen molar-refractivity contribution >= 4 is 49.8 Å². The van der Waals surface area contributed by atoms with Crippen molar-refractivity contribution in [1.29, 1.82) is 0 Å². The first-order chi connectivity index (χ1) is 22.6. The first-order valence-corrected chi connectivity index (χ1v) is 16.1. The Morgan fingerprint density at radius 3 is 2.17 bits per heavy atom. The van der Waals surface area contributed by atoms with Crippen molar-refractivity contribution in [3.05, 3.63) is 156 Å². The van der Waals surface area contributed by atoms with Crippen molar-refractivity contribution in [3.8, 4) is 16.9 Å². The van der Waals surface area contributed by atoms with Crippen LogP contribution in [0.15, 0.2) is 144 Å². The zero-order chi connectivity index (χ0) is 30.6. The van der Waals surface area contributed by atoms with Gasteiger partial charge in [-0.05, 0) is 58.3 Å². The maximum Gasteiger partial charge on any atom is 0.159 e. The Morgan fingerprint density at radius 2 is 1.30 bits per heavy atom. The first-order valence-electron chi connectivity index (χ1n) is 16.1. The fraction of sp³-hybridized carbons (Fsp3) is 0.116. The average Bonchev–Trinajstić information content (AvgIpc) is 3.75. The Balaban J connectivity index is 1.33. The third-order valence-corrected chi connectivity index (χ3v) is 10.4. The highest BCUT2D eigenvalue weighted by molar-refractivity contribution is 6.12. The van der Waals surface area contributed by atoms with Crippen LogP contribution in [-0.2, 0) is 5.41 Å². The molecule has 0 bridgehead atoms. The largest absolute Gasteiger partial charge is 0.484 e. The lowest BCUT2D eigenvalue weighted by Gasteiger charge is -2.29. The van der Waals surface area contributed by atoms with Gasteiger partial charge in [-0.1, -0.05) is 117 Å². The van der Waals surface area contributed by atoms with Crippen LogP contribution in [0.3, 0.4) is 0 Å². The van der Waals surface area contributed by atoms with Crippen molar-refractivity contribution in [2.75, 3.05) is 4.90 Å². The van der Waals surface area contributed by atoms with E-state index in [1.807, 2.05) is 6.07 Å². The van der Waals surface area contributed by atoms with Gasteiger partial charge < -0.3 is 14.1 Å². The molecule has 3 aliphatic rings. The molecule has 3 heteroatoms. The summed E-state index contributed by atoms with van der Waals surface area (Å²) in [6.45, 7) is 4.74. The number of rotatable bonds is 3. The maximum absolute atomic E-state index is 6.99. The fourth-order valence-corrected chi connectivity index (χ4v) is 8.42. The van der Waals surface area contributed by atoms with Crippen LogP contribution in [0, 0.1) is 0 Å². The highest BCUT2D eigenvalue weighted by Crippen LogP contribution is 2.63. The summed E-state index contributed by atoms with van der Waals surface area (Å²) in [5, 5.41) is 4.83. The molecule has 2 atom stereocenters. The molecule has 3 nitrogen and oxygen atoms in total. The highest BCUT2D eigenvalue weighted by atomic mass is 16.5. The summed E-state index contributed by atoms with van der Waals surface area (Å²) in [5.74, 6) is 1.21. The summed E-state index contributed by atoms with van der Waals surface area (Å²) < 4.78 is 13.6. The summed E-state index contributed by atoms with van der Waals surface area (Å²) >= 11 is 0. The monoisotopic (exact) mass is 593 g/mol. The smallest absolute Gasteiger partial charge is 0.159 e. The molecule has 7 aromatic rings. The molecular formula is C43H31NO2. The molecule has 10 rings (SSSR count). The van der Waals surface area contributed by atoms with E-state index >= 15 is 0 Å². The number of anilines is 3. The zero-order valence-corrected chi connectivity index (χ0v) is 25.7. The van der Waals surface area contributed by atoms with Crippen LogP contribution >= 0.6 is 0 Å². The fourth-order valence-electron chi connectivity index (χ4n) is 8.42. The van der Waals surface area contributed by atoms with Crippen molar-refractivity contribution in [1.82, 2.24) is 0 Å². The van der Waals surface area contributed by atoms with Crippen molar-refractivity contribution in [2.24, 2.45) is 0 Å². The second-order valence-electron chi connectivity index (χ2n) is 13.2. The van der Waals surface area contributed by atoms with Gasteiger partial charge in [0.05, 0.1) is 11.4 Å². The molecule has 6 aromatic carbocycles. The van der Waals surface area contributed by atoms with Crippen molar-refractivity contribution in [3.63, 3.8) is 0 Å². The van der Waals surface area contributed by atoms with Crippen molar-refractivity contribution in [2.45, 2.75) is 31.3 Å². The van der Waals surface area contributed by atoms with E-state index in [1.54, 1.807) is 0 Å². The molecule has 1 aromatic heterocycles. The minimum absolute atomic E-state index is 0.0104. The Morgan fingerprint density at radius 1 is 0.609 bits per heavy atom. The molecule has 0 N–H and O–H groups in total. The van der Waals surface area contributed by atoms with E-state index in [-0.39, 0.29) is 17.4 Å². The molecule has 0 spiro atoms. The quantitative estimate of drug-likeness (QED) is 0.204. The van der Waals surface area contributed by atoms with E-state index in [1.165, 1.54) is 38.6 Å². The first kappa shape index (κ1) is 25.8. The maximum atomic E-state index is 6.99. The summed E-state index contributed by atoms with van der Waals surface area (Å²) in [5.41, 5.74) is 11.1. The van der Waals surface area contributed by atoms with Gasteiger partial charge in [0.25, 0.3) is 0 Å². The van der Waals surface area contributed by atoms with Gasteiger partial charge in [0.2, 0.25) is 0 Å². The van der Waals surface area contributed by atoms with E-state index in [9.17, 15) is 0 Å². The molecule has 0 saturated heterocycles. The van der Waals surface area contributed by atoms with Gasteiger partial charge >= 0.3 is 0 Å². The van der Waals surface area contributed by atoms with E-state index in [0.717, 1.165) is 44.8 Å². The Hall–Kier alpha value is -5.54. The molecule has 0 radical (unpaired) electrons. The normalized spacial score (nSPS) is 18.4. The van der Waals surface area contributed by atoms with Crippen LogP contribution in [0.5, 0.6) is 5.75 Å². The van der Waals surface area contributed by atoms with Crippen LogP contribution in [0.2, 0.25) is 0 Å². The number of benzene rings is 6. The lowest BCUT2D eigenvalue weighted by atomic mass is 9.78. The third kappa shape index (κ3) is 3.32. The van der Waals surface area contributed by atoms with Gasteiger partial charge in [0.15, 0.2) is 5.58 Å². The molecule has 0 fully saturated rings. The van der Waals surface area contributed by atoms with Gasteiger partial charge in [0, 0.05) is 44.5 Å². The topological polar surface area (TPSA) is 25.6 Å². The van der Waals surface area contributed by atoms with Gasteiger partial charge in [-0.25, -0.2) is 0 Å². The van der Waals surface area contributed by atoms with Crippen LogP contribution in [-0.4, -0.2) is 6.10 Å². The minimum Gasteiger partial charge on any atom is -0.484 e. The predicted molar refractivity (Wildman–Crippen MR) is 189 cm³/mol. The summed E-state index contributed by atoms with van der Waals surface area (Å²) in [7, 11) is 0. The van der Waals surface area contributed by atoms with Crippen LogP contribution in [0.1, 0.15) is 36.5 Å². The van der Waals surface area contributed by atoms with E-state index in [4.69, 9.17) is 9.15 Å². The Labute approximate surface area is 267 Å². The van der Waals surface area contributed by atoms with Crippen LogP contribution < -0.4 is 9.64 Å². The number of hydrogen-bond donors (Lipinski definition) is 0. The molecule has 2 heterocycles. The second-order valence-corrected chi connectivity index (χ2v) is 13.2. The number of ether oxygens (including phenoxy) is 1. The predicted octanol–water partition coefficient (Wildman–Crippen LogP) is 11.5. The third-order valence-electron chi connectivity index (χ3n) is 10.4. The Bertz CT molecular complexity index is 2450. The van der Waals surface area contributed by atoms with Crippen molar-refractivity contribution < 1.29 is 9.15 Å². The molecule has 0 saturated carbocycles. The molecule has 0 amide bonds. The summed E-state index contributed by atoms with van der Waals surface area (Å²) in [6, 6.07) is 41.2. The number of hydrogen-bond acceptors (Lipinski definition) is 3. The van der Waals surface area contributed by atoms with Gasteiger partial charge in [-0.15, -0.1) is 0 Å². The minimum atomic E-state index is -0.244. The average molecular weight is 594 g/mol.